The molecule has 0 saturated carbocycles. The number of nitrogen functional groups attached to an aromatic ring is 1. The highest BCUT2D eigenvalue weighted by Crippen LogP contribution is 2.35. The predicted molar refractivity (Wildman–Crippen MR) is 107 cm³/mol. The minimum atomic E-state index is -0.221. The van der Waals surface area contributed by atoms with E-state index in [1.807, 2.05) is 55.5 Å². The molecular formula is C20H17N3O2S. The van der Waals surface area contributed by atoms with Gasteiger partial charge in [0.25, 0.3) is 5.91 Å². The monoisotopic (exact) mass is 363 g/mol. The van der Waals surface area contributed by atoms with Crippen LogP contribution < -0.4 is 15.8 Å². The Balaban J connectivity index is 1.78. The van der Waals surface area contributed by atoms with Crippen LogP contribution in [-0.4, -0.2) is 18.0 Å². The lowest BCUT2D eigenvalue weighted by Crippen LogP contribution is -2.12. The third-order valence-corrected chi connectivity index (χ3v) is 5.43. The molecule has 0 saturated heterocycles. The Morgan fingerprint density at radius 3 is 2.77 bits per heavy atom. The van der Waals surface area contributed by atoms with Crippen LogP contribution in [0.1, 0.15) is 15.2 Å². The summed E-state index contributed by atoms with van der Waals surface area (Å²) in [6, 6.07) is 15.3. The van der Waals surface area contributed by atoms with Crippen molar-refractivity contribution in [3.8, 4) is 5.75 Å². The van der Waals surface area contributed by atoms with Crippen LogP contribution >= 0.6 is 11.3 Å². The Kier molecular flexibility index (Phi) is 3.97. The smallest absolute Gasteiger partial charge is 0.267 e. The van der Waals surface area contributed by atoms with Crippen molar-refractivity contribution in [3.63, 3.8) is 0 Å². The number of para-hydroxylation sites is 1. The second-order valence-corrected chi connectivity index (χ2v) is 7.01. The molecule has 6 heteroatoms. The van der Waals surface area contributed by atoms with Crippen molar-refractivity contribution in [3.05, 3.63) is 59.0 Å². The molecule has 1 amide bonds. The SMILES string of the molecule is COc1ccc2nc3sc(C(=O)Nc4ccccc4C)c(N)c3cc2c1. The number of amides is 1. The molecule has 4 rings (SSSR count). The van der Waals surface area contributed by atoms with Crippen LogP contribution in [0, 0.1) is 6.92 Å². The lowest BCUT2D eigenvalue weighted by Gasteiger charge is -2.07. The minimum absolute atomic E-state index is 0.221. The Morgan fingerprint density at radius 1 is 1.19 bits per heavy atom. The van der Waals surface area contributed by atoms with Crippen molar-refractivity contribution in [2.24, 2.45) is 0 Å². The van der Waals surface area contributed by atoms with E-state index >= 15 is 0 Å². The fourth-order valence-corrected chi connectivity index (χ4v) is 3.85. The molecule has 2 aromatic heterocycles. The summed E-state index contributed by atoms with van der Waals surface area (Å²) in [4.78, 5) is 18.6. The lowest BCUT2D eigenvalue weighted by molar-refractivity contribution is 0.103. The molecule has 26 heavy (non-hydrogen) atoms. The summed E-state index contributed by atoms with van der Waals surface area (Å²) in [5.74, 6) is 0.534. The number of methoxy groups -OCH3 is 1. The highest BCUT2D eigenvalue weighted by atomic mass is 32.1. The number of hydrogen-bond donors (Lipinski definition) is 2. The van der Waals surface area contributed by atoms with Gasteiger partial charge in [-0.05, 0) is 42.8 Å². The molecule has 0 spiro atoms. The van der Waals surface area contributed by atoms with Crippen molar-refractivity contribution >= 4 is 49.7 Å². The number of nitrogens with two attached hydrogens (primary N) is 1. The summed E-state index contributed by atoms with van der Waals surface area (Å²) in [7, 11) is 1.63. The molecule has 0 aliphatic rings. The van der Waals surface area contributed by atoms with E-state index in [1.54, 1.807) is 7.11 Å². The van der Waals surface area contributed by atoms with Gasteiger partial charge in [-0.15, -0.1) is 11.3 Å². The Bertz CT molecular complexity index is 1150. The highest BCUT2D eigenvalue weighted by molar-refractivity contribution is 7.21. The summed E-state index contributed by atoms with van der Waals surface area (Å²) >= 11 is 1.30. The molecule has 4 aromatic rings. The number of aryl methyl sites for hydroxylation is 1. The number of hydrogen-bond acceptors (Lipinski definition) is 5. The van der Waals surface area contributed by atoms with E-state index in [-0.39, 0.29) is 5.91 Å². The standard InChI is InChI=1S/C20H17N3O2S/c1-11-5-3-4-6-15(11)22-19(24)18-17(21)14-10-12-9-13(25-2)7-8-16(12)23-20(14)26-18/h3-10H,21H2,1-2H3,(H,22,24). The number of benzene rings is 2. The first-order valence-electron chi connectivity index (χ1n) is 8.10. The first-order valence-corrected chi connectivity index (χ1v) is 8.92. The fraction of sp³-hybridized carbons (Fsp3) is 0.100. The molecule has 0 aliphatic heterocycles. The maximum Gasteiger partial charge on any atom is 0.267 e. The number of aromatic nitrogens is 1. The summed E-state index contributed by atoms with van der Waals surface area (Å²) in [5.41, 5.74) is 9.33. The van der Waals surface area contributed by atoms with E-state index in [9.17, 15) is 4.79 Å². The van der Waals surface area contributed by atoms with E-state index in [0.29, 0.717) is 10.6 Å². The van der Waals surface area contributed by atoms with Crippen LogP contribution in [0.25, 0.3) is 21.1 Å². The Labute approximate surface area is 154 Å². The molecule has 0 radical (unpaired) electrons. The largest absolute Gasteiger partial charge is 0.497 e. The summed E-state index contributed by atoms with van der Waals surface area (Å²) in [5, 5.41) is 4.64. The zero-order chi connectivity index (χ0) is 18.3. The molecule has 2 heterocycles. The van der Waals surface area contributed by atoms with E-state index < -0.39 is 0 Å². The number of rotatable bonds is 3. The minimum Gasteiger partial charge on any atom is -0.497 e. The van der Waals surface area contributed by atoms with Crippen LogP contribution in [0.15, 0.2) is 48.5 Å². The number of fused-ring (bicyclic) bond motifs is 2. The fourth-order valence-electron chi connectivity index (χ4n) is 2.87. The average Bonchev–Trinajstić information content (AvgIpc) is 2.97. The number of anilines is 2. The number of thiophene rings is 1. The van der Waals surface area contributed by atoms with Gasteiger partial charge in [0.2, 0.25) is 0 Å². The van der Waals surface area contributed by atoms with Crippen molar-refractivity contribution in [1.29, 1.82) is 0 Å². The molecule has 0 atom stereocenters. The van der Waals surface area contributed by atoms with Gasteiger partial charge in [-0.2, -0.15) is 0 Å². The van der Waals surface area contributed by atoms with Crippen LogP contribution in [0.4, 0.5) is 11.4 Å². The van der Waals surface area contributed by atoms with E-state index in [4.69, 9.17) is 10.5 Å². The van der Waals surface area contributed by atoms with Gasteiger partial charge in [0.1, 0.15) is 15.5 Å². The predicted octanol–water partition coefficient (Wildman–Crippen LogP) is 4.60. The third kappa shape index (κ3) is 2.74. The summed E-state index contributed by atoms with van der Waals surface area (Å²) < 4.78 is 5.27. The first kappa shape index (κ1) is 16.4. The number of nitrogens with zero attached hydrogens (tertiary/aromatic N) is 1. The number of pyridine rings is 1. The van der Waals surface area contributed by atoms with Crippen molar-refractivity contribution < 1.29 is 9.53 Å². The lowest BCUT2D eigenvalue weighted by atomic mass is 10.1. The van der Waals surface area contributed by atoms with Gasteiger partial charge < -0.3 is 15.8 Å². The van der Waals surface area contributed by atoms with Crippen molar-refractivity contribution in [2.45, 2.75) is 6.92 Å². The van der Waals surface area contributed by atoms with Crippen LogP contribution in [-0.2, 0) is 0 Å². The Hall–Kier alpha value is -3.12. The molecular weight excluding hydrogens is 346 g/mol. The van der Waals surface area contributed by atoms with Crippen molar-refractivity contribution in [2.75, 3.05) is 18.2 Å². The van der Waals surface area contributed by atoms with Crippen LogP contribution in [0.2, 0.25) is 0 Å². The van der Waals surface area contributed by atoms with E-state index in [1.165, 1.54) is 11.3 Å². The quantitative estimate of drug-likeness (QED) is 0.558. The normalized spacial score (nSPS) is 11.0. The zero-order valence-electron chi connectivity index (χ0n) is 14.4. The molecule has 0 aliphatic carbocycles. The number of carbonyl (C=O) groups is 1. The molecule has 5 nitrogen and oxygen atoms in total. The topological polar surface area (TPSA) is 77.2 Å². The highest BCUT2D eigenvalue weighted by Gasteiger charge is 2.18. The molecule has 0 fully saturated rings. The molecule has 3 N–H and O–H groups in total. The molecule has 0 bridgehead atoms. The zero-order valence-corrected chi connectivity index (χ0v) is 15.2. The first-order chi connectivity index (χ1) is 12.6. The van der Waals surface area contributed by atoms with E-state index in [2.05, 4.69) is 10.3 Å². The second-order valence-electron chi connectivity index (χ2n) is 6.01. The van der Waals surface area contributed by atoms with Crippen molar-refractivity contribution in [1.82, 2.24) is 4.98 Å². The van der Waals surface area contributed by atoms with Gasteiger partial charge in [0.05, 0.1) is 18.3 Å². The number of nitrogens with one attached hydrogen (secondary N) is 1. The van der Waals surface area contributed by atoms with Gasteiger partial charge in [-0.3, -0.25) is 4.79 Å². The van der Waals surface area contributed by atoms with Crippen LogP contribution in [0.3, 0.4) is 0 Å². The Morgan fingerprint density at radius 2 is 2.00 bits per heavy atom. The maximum absolute atomic E-state index is 12.7. The van der Waals surface area contributed by atoms with Gasteiger partial charge >= 0.3 is 0 Å². The second kappa shape index (κ2) is 6.31. The van der Waals surface area contributed by atoms with Crippen LogP contribution in [0.5, 0.6) is 5.75 Å². The number of ether oxygens (including phenoxy) is 1. The molecule has 0 unspecified atom stereocenters. The maximum atomic E-state index is 12.7. The third-order valence-electron chi connectivity index (χ3n) is 4.32. The van der Waals surface area contributed by atoms with E-state index in [0.717, 1.165) is 38.1 Å². The average molecular weight is 363 g/mol. The summed E-state index contributed by atoms with van der Waals surface area (Å²) in [6.45, 7) is 1.95. The van der Waals surface area contributed by atoms with Gasteiger partial charge in [-0.25, -0.2) is 4.98 Å². The molecule has 2 aromatic carbocycles. The van der Waals surface area contributed by atoms with Gasteiger partial charge in [0.15, 0.2) is 0 Å². The summed E-state index contributed by atoms with van der Waals surface area (Å²) in [6.07, 6.45) is 0. The molecule has 130 valence electrons. The van der Waals surface area contributed by atoms with Gasteiger partial charge in [-0.1, -0.05) is 18.2 Å². The number of carbonyl (C=O) groups excluding carboxylic acids is 1. The van der Waals surface area contributed by atoms with Gasteiger partial charge in [0, 0.05) is 16.5 Å².